The number of hydrogen-bond acceptors (Lipinski definition) is 5. The maximum absolute atomic E-state index is 12.5. The van der Waals surface area contributed by atoms with Gasteiger partial charge in [0, 0.05) is 42.8 Å². The van der Waals surface area contributed by atoms with Gasteiger partial charge in [0.25, 0.3) is 11.8 Å². The first kappa shape index (κ1) is 26.9. The van der Waals surface area contributed by atoms with Crippen molar-refractivity contribution in [2.45, 2.75) is 45.8 Å². The smallest absolute Gasteiger partial charge is 0.271 e. The van der Waals surface area contributed by atoms with Crippen molar-refractivity contribution in [2.24, 2.45) is 4.99 Å². The van der Waals surface area contributed by atoms with Gasteiger partial charge in [0.05, 0.1) is 7.11 Å². The van der Waals surface area contributed by atoms with Gasteiger partial charge in [0.2, 0.25) is 6.41 Å². The van der Waals surface area contributed by atoms with Crippen LogP contribution in [0, 0.1) is 0 Å². The molecular formula is C25H31ClN4O4. The highest BCUT2D eigenvalue weighted by Crippen LogP contribution is 2.29. The lowest BCUT2D eigenvalue weighted by atomic mass is 10.1. The number of amides is 3. The molecule has 4 rings (SSSR count). The third-order valence-corrected chi connectivity index (χ3v) is 5.50. The molecule has 2 aromatic rings. The molecule has 1 atom stereocenters. The second-order valence-electron chi connectivity index (χ2n) is 7.29. The molecule has 0 saturated heterocycles. The number of carbonyl (C=O) groups excluding carboxylic acids is 3. The number of rotatable bonds is 5. The number of nitrogens with zero attached hydrogens (tertiary/aromatic N) is 2. The lowest BCUT2D eigenvalue weighted by Crippen LogP contribution is -2.43. The quantitative estimate of drug-likeness (QED) is 0.621. The van der Waals surface area contributed by atoms with Crippen molar-refractivity contribution in [1.82, 2.24) is 10.2 Å². The van der Waals surface area contributed by atoms with E-state index >= 15 is 0 Å². The Morgan fingerprint density at radius 3 is 2.56 bits per heavy atom. The Morgan fingerprint density at radius 2 is 1.97 bits per heavy atom. The molecule has 0 radical (unpaired) electrons. The van der Waals surface area contributed by atoms with E-state index in [1.165, 1.54) is 7.11 Å². The summed E-state index contributed by atoms with van der Waals surface area (Å²) in [5.74, 6) is -0.0703. The molecule has 1 unspecified atom stereocenters. The lowest BCUT2D eigenvalue weighted by molar-refractivity contribution is -0.123. The number of carbonyl (C=O) groups is 3. The van der Waals surface area contributed by atoms with Gasteiger partial charge in [-0.05, 0) is 41.8 Å². The number of aliphatic imine (C=N–C) groups is 1. The zero-order valence-corrected chi connectivity index (χ0v) is 20.7. The van der Waals surface area contributed by atoms with Gasteiger partial charge >= 0.3 is 0 Å². The van der Waals surface area contributed by atoms with Gasteiger partial charge in [-0.25, -0.2) is 0 Å². The molecule has 2 N–H and O–H groups in total. The molecule has 0 aliphatic carbocycles. The van der Waals surface area contributed by atoms with Crippen LogP contribution in [0.3, 0.4) is 0 Å². The summed E-state index contributed by atoms with van der Waals surface area (Å²) in [6.07, 6.45) is 1.70. The van der Waals surface area contributed by atoms with Crippen molar-refractivity contribution in [2.75, 3.05) is 19.5 Å². The summed E-state index contributed by atoms with van der Waals surface area (Å²) < 4.78 is 5.00. The summed E-state index contributed by atoms with van der Waals surface area (Å²) in [5, 5.41) is 6.34. The second kappa shape index (κ2) is 13.3. The summed E-state index contributed by atoms with van der Waals surface area (Å²) in [6.45, 7) is 4.80. The maximum atomic E-state index is 12.5. The zero-order valence-electron chi connectivity index (χ0n) is 19.9. The number of fused-ring (bicyclic) bond motifs is 1. The van der Waals surface area contributed by atoms with E-state index in [0.717, 1.165) is 21.8 Å². The van der Waals surface area contributed by atoms with E-state index in [4.69, 9.17) is 16.3 Å². The highest BCUT2D eigenvalue weighted by Gasteiger charge is 2.38. The van der Waals surface area contributed by atoms with Crippen LogP contribution in [0.2, 0.25) is 5.02 Å². The Labute approximate surface area is 205 Å². The zero-order chi connectivity index (χ0) is 25.1. The molecule has 0 aromatic heterocycles. The largest absolute Gasteiger partial charge is 0.484 e. The number of anilines is 1. The van der Waals surface area contributed by atoms with Gasteiger partial charge in [0.15, 0.2) is 5.90 Å². The van der Waals surface area contributed by atoms with Crippen molar-refractivity contribution in [1.29, 1.82) is 0 Å². The number of nitrogens with one attached hydrogen (secondary N) is 2. The van der Waals surface area contributed by atoms with Crippen molar-refractivity contribution < 1.29 is 19.1 Å². The van der Waals surface area contributed by atoms with Gasteiger partial charge < -0.3 is 20.3 Å². The van der Waals surface area contributed by atoms with E-state index in [9.17, 15) is 14.4 Å². The Hall–Kier alpha value is -3.39. The molecule has 0 saturated carbocycles. The van der Waals surface area contributed by atoms with Gasteiger partial charge in [-0.15, -0.1) is 0 Å². The van der Waals surface area contributed by atoms with Gasteiger partial charge in [0.1, 0.15) is 6.04 Å². The monoisotopic (exact) mass is 486 g/mol. The summed E-state index contributed by atoms with van der Waals surface area (Å²) in [7, 11) is 3.35. The van der Waals surface area contributed by atoms with Crippen molar-refractivity contribution in [3.05, 3.63) is 64.2 Å². The fourth-order valence-corrected chi connectivity index (χ4v) is 3.83. The number of hydrogen-bond donors (Lipinski definition) is 2. The van der Waals surface area contributed by atoms with Crippen LogP contribution in [0.1, 0.15) is 48.2 Å². The van der Waals surface area contributed by atoms with Crippen LogP contribution in [-0.4, -0.2) is 49.2 Å². The third-order valence-electron chi connectivity index (χ3n) is 5.27. The van der Waals surface area contributed by atoms with E-state index in [2.05, 4.69) is 15.6 Å². The molecule has 3 amide bonds. The first-order valence-electron chi connectivity index (χ1n) is 11.1. The van der Waals surface area contributed by atoms with Crippen LogP contribution in [-0.2, 0) is 27.4 Å². The van der Waals surface area contributed by atoms with Crippen molar-refractivity contribution in [3.8, 4) is 0 Å². The van der Waals surface area contributed by atoms with E-state index in [0.29, 0.717) is 43.8 Å². The van der Waals surface area contributed by atoms with Crippen molar-refractivity contribution >= 4 is 41.4 Å². The highest BCUT2D eigenvalue weighted by atomic mass is 35.5. The standard InChI is InChI=1S/C16H17N3O4.C7H8ClN.C2H6/c1-23-14-5-4-13(15(21)18-14)19-8-11-6-10(7-17-9-20)2-3-12(11)16(19)22;1-9-7-4-2-3-6(8)5-7;1-2/h2-3,6,9,13H,4-5,7-8H2,1H3,(H,17,20);2-5,9H,1H3;1-2H3. The topological polar surface area (TPSA) is 100 Å². The van der Waals surface area contributed by atoms with E-state index in [1.54, 1.807) is 17.0 Å². The Bertz CT molecular complexity index is 1040. The number of halogens is 1. The predicted octanol–water partition coefficient (Wildman–Crippen LogP) is 4.03. The molecule has 2 aliphatic heterocycles. The number of ether oxygens (including phenoxy) is 1. The maximum Gasteiger partial charge on any atom is 0.271 e. The van der Waals surface area contributed by atoms with E-state index in [1.807, 2.05) is 51.2 Å². The van der Waals surface area contributed by atoms with Gasteiger partial charge in [-0.2, -0.15) is 4.99 Å². The molecule has 0 spiro atoms. The molecule has 8 nitrogen and oxygen atoms in total. The van der Waals surface area contributed by atoms with Crippen LogP contribution in [0.5, 0.6) is 0 Å². The van der Waals surface area contributed by atoms with Gasteiger partial charge in [-0.3, -0.25) is 14.4 Å². The van der Waals surface area contributed by atoms with Crippen LogP contribution in [0.4, 0.5) is 5.69 Å². The second-order valence-corrected chi connectivity index (χ2v) is 7.72. The average molecular weight is 487 g/mol. The van der Waals surface area contributed by atoms with E-state index in [-0.39, 0.29) is 11.8 Å². The minimum Gasteiger partial charge on any atom is -0.484 e. The van der Waals surface area contributed by atoms with Crippen LogP contribution < -0.4 is 10.6 Å². The highest BCUT2D eigenvalue weighted by molar-refractivity contribution is 6.30. The lowest BCUT2D eigenvalue weighted by Gasteiger charge is -2.27. The molecule has 182 valence electrons. The fourth-order valence-electron chi connectivity index (χ4n) is 3.64. The molecule has 2 aromatic carbocycles. The molecule has 2 heterocycles. The molecular weight excluding hydrogens is 456 g/mol. The summed E-state index contributed by atoms with van der Waals surface area (Å²) in [5.41, 5.74) is 3.44. The SMILES string of the molecule is CC.CNc1cccc(Cl)c1.COC1=NC(=O)C(N2Cc3cc(CNC=O)ccc3C2=O)CC1. The van der Waals surface area contributed by atoms with Crippen LogP contribution in [0.15, 0.2) is 47.5 Å². The summed E-state index contributed by atoms with van der Waals surface area (Å²) in [4.78, 5) is 40.5. The predicted molar refractivity (Wildman–Crippen MR) is 134 cm³/mol. The molecule has 34 heavy (non-hydrogen) atoms. The average Bonchev–Trinajstić information content (AvgIpc) is 3.19. The fraction of sp³-hybridized carbons (Fsp3) is 0.360. The first-order valence-corrected chi connectivity index (χ1v) is 11.5. The minimum atomic E-state index is -0.537. The Morgan fingerprint density at radius 1 is 1.21 bits per heavy atom. The van der Waals surface area contributed by atoms with Crippen molar-refractivity contribution in [3.63, 3.8) is 0 Å². The van der Waals surface area contributed by atoms with Gasteiger partial charge in [-0.1, -0.05) is 43.6 Å². The van der Waals surface area contributed by atoms with Crippen LogP contribution >= 0.6 is 11.6 Å². The van der Waals surface area contributed by atoms with Crippen LogP contribution in [0.25, 0.3) is 0 Å². The molecule has 9 heteroatoms. The molecule has 0 bridgehead atoms. The molecule has 2 aliphatic rings. The number of benzene rings is 2. The molecule has 0 fully saturated rings. The number of methoxy groups -OCH3 is 1. The minimum absolute atomic E-state index is 0.149. The first-order chi connectivity index (χ1) is 16.5. The van der Waals surface area contributed by atoms with E-state index < -0.39 is 6.04 Å². The third kappa shape index (κ3) is 6.81. The Balaban J connectivity index is 0.000000311. The summed E-state index contributed by atoms with van der Waals surface area (Å²) in [6, 6.07) is 12.5. The summed E-state index contributed by atoms with van der Waals surface area (Å²) >= 11 is 5.68. The normalized spacial score (nSPS) is 16.2. The Kier molecular flexibility index (Phi) is 10.5.